The number of hydrogen-bond acceptors (Lipinski definition) is 4. The minimum Gasteiger partial charge on any atom is -0.348 e. The highest BCUT2D eigenvalue weighted by Gasteiger charge is 2.17. The van der Waals surface area contributed by atoms with Crippen LogP contribution in [0.4, 0.5) is 0 Å². The lowest BCUT2D eigenvalue weighted by Crippen LogP contribution is -2.38. The van der Waals surface area contributed by atoms with Crippen LogP contribution < -0.4 is 5.73 Å². The molecule has 1 fully saturated rings. The van der Waals surface area contributed by atoms with E-state index in [4.69, 9.17) is 5.73 Å². The van der Waals surface area contributed by atoms with E-state index >= 15 is 0 Å². The number of nitrogens with two attached hydrogens (primary N) is 1. The lowest BCUT2D eigenvalue weighted by atomic mass is 10.3. The maximum atomic E-state index is 11.6. The molecule has 1 heterocycles. The molecule has 0 aromatic heterocycles. The van der Waals surface area contributed by atoms with Crippen LogP contribution >= 0.6 is 0 Å². The summed E-state index contributed by atoms with van der Waals surface area (Å²) in [6, 6.07) is 0. The Morgan fingerprint density at radius 2 is 1.82 bits per heavy atom. The summed E-state index contributed by atoms with van der Waals surface area (Å²) in [4.78, 5) is 18.0. The van der Waals surface area contributed by atoms with Gasteiger partial charge in [0.2, 0.25) is 5.91 Å². The minimum absolute atomic E-state index is 0.195. The zero-order chi connectivity index (χ0) is 12.7. The molecule has 0 aromatic rings. The first-order valence-electron chi connectivity index (χ1n) is 6.48. The first-order valence-corrected chi connectivity index (χ1v) is 6.48. The number of nitrogens with zero attached hydrogens (tertiary/aromatic N) is 3. The van der Waals surface area contributed by atoms with Crippen LogP contribution in [0.3, 0.4) is 0 Å². The van der Waals surface area contributed by atoms with Gasteiger partial charge in [-0.05, 0) is 39.0 Å². The molecule has 1 amide bonds. The Labute approximate surface area is 105 Å². The number of rotatable bonds is 5. The molecule has 1 saturated heterocycles. The molecule has 0 aliphatic carbocycles. The molecular weight excluding hydrogens is 216 g/mol. The molecule has 1 aliphatic heterocycles. The van der Waals surface area contributed by atoms with Gasteiger partial charge in [0.15, 0.2) is 0 Å². The van der Waals surface area contributed by atoms with Crippen molar-refractivity contribution >= 4 is 5.91 Å². The van der Waals surface area contributed by atoms with Gasteiger partial charge in [-0.2, -0.15) is 0 Å². The van der Waals surface area contributed by atoms with Gasteiger partial charge >= 0.3 is 0 Å². The van der Waals surface area contributed by atoms with Crippen molar-refractivity contribution in [1.29, 1.82) is 0 Å². The van der Waals surface area contributed by atoms with Crippen molar-refractivity contribution in [2.45, 2.75) is 12.8 Å². The highest BCUT2D eigenvalue weighted by Crippen LogP contribution is 2.03. The Hall–Kier alpha value is -0.650. The summed E-state index contributed by atoms with van der Waals surface area (Å²) in [6.45, 7) is 6.61. The van der Waals surface area contributed by atoms with Crippen LogP contribution in [0.5, 0.6) is 0 Å². The van der Waals surface area contributed by atoms with Crippen LogP contribution in [0.15, 0.2) is 0 Å². The largest absolute Gasteiger partial charge is 0.348 e. The van der Waals surface area contributed by atoms with E-state index in [9.17, 15) is 4.79 Å². The highest BCUT2D eigenvalue weighted by molar-refractivity contribution is 5.77. The van der Waals surface area contributed by atoms with Gasteiger partial charge in [-0.1, -0.05) is 0 Å². The molecule has 2 N–H and O–H groups in total. The van der Waals surface area contributed by atoms with Gasteiger partial charge in [0, 0.05) is 27.2 Å². The molecule has 17 heavy (non-hydrogen) atoms. The van der Waals surface area contributed by atoms with Gasteiger partial charge < -0.3 is 15.5 Å². The Balaban J connectivity index is 2.29. The number of hydrogen-bond donors (Lipinski definition) is 1. The van der Waals surface area contributed by atoms with Gasteiger partial charge in [-0.3, -0.25) is 9.69 Å². The van der Waals surface area contributed by atoms with Gasteiger partial charge in [-0.25, -0.2) is 0 Å². The summed E-state index contributed by atoms with van der Waals surface area (Å²) in [5.74, 6) is 0.195. The van der Waals surface area contributed by atoms with E-state index in [1.54, 1.807) is 4.90 Å². The average Bonchev–Trinajstić information content (AvgIpc) is 2.52. The van der Waals surface area contributed by atoms with E-state index in [0.29, 0.717) is 6.54 Å². The highest BCUT2D eigenvalue weighted by atomic mass is 16.2. The van der Waals surface area contributed by atoms with Crippen LogP contribution in [-0.4, -0.2) is 80.5 Å². The molecule has 0 spiro atoms. The predicted octanol–water partition coefficient (Wildman–Crippen LogP) is -0.569. The number of carbonyl (C=O) groups is 1. The molecule has 5 nitrogen and oxygen atoms in total. The first-order chi connectivity index (χ1) is 8.13. The van der Waals surface area contributed by atoms with Crippen molar-refractivity contribution in [2.75, 3.05) is 59.9 Å². The Bertz CT molecular complexity index is 233. The average molecular weight is 242 g/mol. The van der Waals surface area contributed by atoms with Crippen LogP contribution in [0, 0.1) is 0 Å². The normalized spacial score (nSPS) is 19.0. The molecule has 1 aliphatic rings. The van der Waals surface area contributed by atoms with Gasteiger partial charge in [0.25, 0.3) is 0 Å². The van der Waals surface area contributed by atoms with Crippen molar-refractivity contribution in [1.82, 2.24) is 14.7 Å². The third-order valence-electron chi connectivity index (χ3n) is 3.22. The van der Waals surface area contributed by atoms with Crippen LogP contribution in [-0.2, 0) is 4.79 Å². The minimum atomic E-state index is 0.195. The molecule has 0 saturated carbocycles. The predicted molar refractivity (Wildman–Crippen MR) is 69.9 cm³/mol. The summed E-state index contributed by atoms with van der Waals surface area (Å²) in [5.41, 5.74) is 5.52. The van der Waals surface area contributed by atoms with E-state index in [0.717, 1.165) is 52.1 Å². The van der Waals surface area contributed by atoms with Gasteiger partial charge in [-0.15, -0.1) is 0 Å². The van der Waals surface area contributed by atoms with E-state index < -0.39 is 0 Å². The molecular formula is C12H26N4O. The Kier molecular flexibility index (Phi) is 6.47. The molecule has 1 rings (SSSR count). The summed E-state index contributed by atoms with van der Waals surface area (Å²) in [5, 5.41) is 0. The zero-order valence-electron chi connectivity index (χ0n) is 11.2. The van der Waals surface area contributed by atoms with Crippen molar-refractivity contribution in [2.24, 2.45) is 5.73 Å². The zero-order valence-corrected chi connectivity index (χ0v) is 11.2. The monoisotopic (exact) mass is 242 g/mol. The molecule has 100 valence electrons. The molecule has 0 aromatic carbocycles. The van der Waals surface area contributed by atoms with Gasteiger partial charge in [0.1, 0.15) is 0 Å². The second-order valence-corrected chi connectivity index (χ2v) is 4.90. The van der Waals surface area contributed by atoms with E-state index in [1.165, 1.54) is 0 Å². The number of carbonyl (C=O) groups excluding carboxylic acids is 1. The van der Waals surface area contributed by atoms with Crippen molar-refractivity contribution in [3.63, 3.8) is 0 Å². The maximum absolute atomic E-state index is 11.6. The second-order valence-electron chi connectivity index (χ2n) is 4.90. The Morgan fingerprint density at radius 3 is 2.47 bits per heavy atom. The van der Waals surface area contributed by atoms with E-state index in [2.05, 4.69) is 9.80 Å². The molecule has 0 unspecified atom stereocenters. The fourth-order valence-electron chi connectivity index (χ4n) is 2.05. The first kappa shape index (κ1) is 14.4. The van der Waals surface area contributed by atoms with Crippen LogP contribution in [0.25, 0.3) is 0 Å². The quantitative estimate of drug-likeness (QED) is 0.701. The van der Waals surface area contributed by atoms with Crippen molar-refractivity contribution in [3.8, 4) is 0 Å². The topological polar surface area (TPSA) is 52.8 Å². The third kappa shape index (κ3) is 5.48. The lowest BCUT2D eigenvalue weighted by molar-refractivity contribution is -0.129. The molecule has 0 radical (unpaired) electrons. The maximum Gasteiger partial charge on any atom is 0.236 e. The lowest BCUT2D eigenvalue weighted by Gasteiger charge is -2.22. The summed E-state index contributed by atoms with van der Waals surface area (Å²) >= 11 is 0. The fraction of sp³-hybridized carbons (Fsp3) is 0.917. The van der Waals surface area contributed by atoms with E-state index in [1.807, 2.05) is 14.1 Å². The molecule has 5 heteroatoms. The second kappa shape index (κ2) is 7.63. The number of likely N-dealkylation sites (N-methyl/N-ethyl adjacent to an activating group) is 1. The van der Waals surface area contributed by atoms with Crippen LogP contribution in [0.1, 0.15) is 12.8 Å². The summed E-state index contributed by atoms with van der Waals surface area (Å²) < 4.78 is 0. The molecule has 0 atom stereocenters. The van der Waals surface area contributed by atoms with Crippen molar-refractivity contribution < 1.29 is 4.79 Å². The smallest absolute Gasteiger partial charge is 0.236 e. The molecule has 0 bridgehead atoms. The SMILES string of the molecule is CN(C)C(=O)CN1CCCN(CCCN)CC1. The van der Waals surface area contributed by atoms with Crippen LogP contribution in [0.2, 0.25) is 0 Å². The van der Waals surface area contributed by atoms with Crippen molar-refractivity contribution in [3.05, 3.63) is 0 Å². The summed E-state index contributed by atoms with van der Waals surface area (Å²) in [7, 11) is 3.63. The van der Waals surface area contributed by atoms with Gasteiger partial charge in [0.05, 0.1) is 6.54 Å². The fourth-order valence-corrected chi connectivity index (χ4v) is 2.05. The summed E-state index contributed by atoms with van der Waals surface area (Å²) in [6.07, 6.45) is 2.21. The Morgan fingerprint density at radius 1 is 1.18 bits per heavy atom. The number of amides is 1. The standard InChI is InChI=1S/C12H26N4O/c1-14(2)12(17)11-16-8-4-7-15(9-10-16)6-3-5-13/h3-11,13H2,1-2H3. The third-order valence-corrected chi connectivity index (χ3v) is 3.22. The van der Waals surface area contributed by atoms with E-state index in [-0.39, 0.29) is 5.91 Å².